The van der Waals surface area contributed by atoms with E-state index in [1.54, 1.807) is 6.92 Å². The maximum Gasteiger partial charge on any atom is 0.339 e. The first kappa shape index (κ1) is 20.6. The monoisotopic (exact) mass is 411 g/mol. The first-order valence-corrected chi connectivity index (χ1v) is 10.4. The van der Waals surface area contributed by atoms with Crippen molar-refractivity contribution < 1.29 is 14.4 Å². The maximum atomic E-state index is 13.0. The third kappa shape index (κ3) is 4.30. The second-order valence-electron chi connectivity index (χ2n) is 7.26. The van der Waals surface area contributed by atoms with Gasteiger partial charge in [-0.2, -0.15) is 0 Å². The van der Waals surface area contributed by atoms with Gasteiger partial charge in [0.1, 0.15) is 17.4 Å². The fourth-order valence-electron chi connectivity index (χ4n) is 3.79. The molecule has 0 saturated carbocycles. The van der Waals surface area contributed by atoms with Crippen molar-refractivity contribution in [3.05, 3.63) is 126 Å². The molecule has 31 heavy (non-hydrogen) atoms. The summed E-state index contributed by atoms with van der Waals surface area (Å²) in [5, 5.41) is 1.84. The minimum absolute atomic E-state index is 0.294. The molecule has 4 rings (SSSR count). The number of hydroxylamine groups is 2. The van der Waals surface area contributed by atoms with Crippen LogP contribution in [0.1, 0.15) is 23.6 Å². The lowest BCUT2D eigenvalue weighted by Gasteiger charge is -2.36. The molecule has 1 heterocycles. The summed E-state index contributed by atoms with van der Waals surface area (Å²) in [6, 6.07) is 30.0. The van der Waals surface area contributed by atoms with Crippen molar-refractivity contribution >= 4 is 12.0 Å². The second kappa shape index (κ2) is 9.45. The molecule has 1 aliphatic heterocycles. The van der Waals surface area contributed by atoms with Crippen molar-refractivity contribution in [2.45, 2.75) is 19.0 Å². The number of nitrogens with zero attached hydrogens (tertiary/aromatic N) is 1. The molecule has 0 bridgehead atoms. The standard InChI is InChI=1S/C27H25NO3/c1-2-30-26(29)25-21-31-28(20-23-14-8-4-9-15-23)27(25,24-16-10-5-11-17-24)19-18-22-12-6-3-7-13-22/h3-19,21H,2,20H2,1H3/b19-18+. The van der Waals surface area contributed by atoms with Gasteiger partial charge < -0.3 is 9.57 Å². The molecule has 1 aliphatic rings. The first-order valence-electron chi connectivity index (χ1n) is 10.4. The number of hydrogen-bond donors (Lipinski definition) is 0. The summed E-state index contributed by atoms with van der Waals surface area (Å²) in [5.74, 6) is -0.389. The highest BCUT2D eigenvalue weighted by Gasteiger charge is 2.49. The molecule has 0 radical (unpaired) electrons. The number of esters is 1. The van der Waals surface area contributed by atoms with E-state index in [2.05, 4.69) is 0 Å². The lowest BCUT2D eigenvalue weighted by molar-refractivity contribution is -0.149. The van der Waals surface area contributed by atoms with Crippen LogP contribution in [0, 0.1) is 0 Å². The van der Waals surface area contributed by atoms with Crippen molar-refractivity contribution in [2.75, 3.05) is 6.61 Å². The molecule has 0 amide bonds. The van der Waals surface area contributed by atoms with Gasteiger partial charge >= 0.3 is 5.97 Å². The zero-order chi connectivity index (χ0) is 21.5. The number of hydrogen-bond acceptors (Lipinski definition) is 4. The van der Waals surface area contributed by atoms with Crippen LogP contribution in [0.3, 0.4) is 0 Å². The molecule has 0 aromatic heterocycles. The van der Waals surface area contributed by atoms with E-state index < -0.39 is 5.54 Å². The summed E-state index contributed by atoms with van der Waals surface area (Å²) < 4.78 is 5.41. The number of carbonyl (C=O) groups is 1. The Morgan fingerprint density at radius 1 is 0.935 bits per heavy atom. The highest BCUT2D eigenvalue weighted by Crippen LogP contribution is 2.44. The summed E-state index contributed by atoms with van der Waals surface area (Å²) in [5.41, 5.74) is 2.56. The van der Waals surface area contributed by atoms with E-state index in [1.165, 1.54) is 6.26 Å². The van der Waals surface area contributed by atoms with E-state index in [0.717, 1.165) is 16.7 Å². The number of rotatable bonds is 7. The summed E-state index contributed by atoms with van der Waals surface area (Å²) in [4.78, 5) is 19.0. The second-order valence-corrected chi connectivity index (χ2v) is 7.26. The Hall–Kier alpha value is -3.63. The highest BCUT2D eigenvalue weighted by atomic mass is 16.7. The van der Waals surface area contributed by atoms with Crippen molar-refractivity contribution in [1.29, 1.82) is 0 Å². The van der Waals surface area contributed by atoms with Crippen molar-refractivity contribution in [1.82, 2.24) is 5.06 Å². The molecule has 1 atom stereocenters. The van der Waals surface area contributed by atoms with Crippen molar-refractivity contribution in [3.8, 4) is 0 Å². The average molecular weight is 412 g/mol. The molecule has 156 valence electrons. The normalized spacial score (nSPS) is 18.5. The molecule has 4 heteroatoms. The van der Waals surface area contributed by atoms with Crippen molar-refractivity contribution in [3.63, 3.8) is 0 Å². The summed E-state index contributed by atoms with van der Waals surface area (Å²) in [6.07, 6.45) is 5.56. The van der Waals surface area contributed by atoms with E-state index >= 15 is 0 Å². The fourth-order valence-corrected chi connectivity index (χ4v) is 3.79. The van der Waals surface area contributed by atoms with Crippen LogP contribution in [0.5, 0.6) is 0 Å². The fraction of sp³-hybridized carbons (Fsp3) is 0.148. The lowest BCUT2D eigenvalue weighted by Crippen LogP contribution is -2.43. The highest BCUT2D eigenvalue weighted by molar-refractivity contribution is 5.92. The quantitative estimate of drug-likeness (QED) is 0.482. The van der Waals surface area contributed by atoms with E-state index in [9.17, 15) is 4.79 Å². The zero-order valence-corrected chi connectivity index (χ0v) is 17.5. The molecule has 1 unspecified atom stereocenters. The van der Waals surface area contributed by atoms with Crippen LogP contribution in [-0.2, 0) is 26.5 Å². The summed E-state index contributed by atoms with van der Waals surface area (Å²) in [6.45, 7) is 2.59. The molecule has 3 aromatic rings. The molecule has 0 spiro atoms. The first-order chi connectivity index (χ1) is 15.2. The summed E-state index contributed by atoms with van der Waals surface area (Å²) >= 11 is 0. The van der Waals surface area contributed by atoms with Gasteiger partial charge in [-0.25, -0.2) is 4.79 Å². The Morgan fingerprint density at radius 2 is 1.55 bits per heavy atom. The van der Waals surface area contributed by atoms with Gasteiger partial charge in [0.25, 0.3) is 0 Å². The van der Waals surface area contributed by atoms with Crippen LogP contribution >= 0.6 is 0 Å². The Bertz CT molecular complexity index is 1060. The topological polar surface area (TPSA) is 38.8 Å². The SMILES string of the molecule is CCOC(=O)C1=CON(Cc2ccccc2)C1(/C=C/c1ccccc1)c1ccccc1. The summed E-state index contributed by atoms with van der Waals surface area (Å²) in [7, 11) is 0. The van der Waals surface area contributed by atoms with Gasteiger partial charge in [0, 0.05) is 0 Å². The molecule has 4 nitrogen and oxygen atoms in total. The van der Waals surface area contributed by atoms with E-state index in [4.69, 9.17) is 9.57 Å². The average Bonchev–Trinajstić information content (AvgIpc) is 3.19. The van der Waals surface area contributed by atoms with Crippen LogP contribution in [0.15, 0.2) is 109 Å². The zero-order valence-electron chi connectivity index (χ0n) is 17.5. The van der Waals surface area contributed by atoms with Gasteiger partial charge in [0.15, 0.2) is 0 Å². The third-order valence-corrected chi connectivity index (χ3v) is 5.30. The van der Waals surface area contributed by atoms with Gasteiger partial charge in [-0.05, 0) is 23.6 Å². The number of ether oxygens (including phenoxy) is 1. The molecular weight excluding hydrogens is 386 g/mol. The predicted octanol–water partition coefficient (Wildman–Crippen LogP) is 5.49. The molecule has 0 aliphatic carbocycles. The molecule has 0 saturated heterocycles. The Kier molecular flexibility index (Phi) is 6.29. The van der Waals surface area contributed by atoms with Gasteiger partial charge in [-0.15, -0.1) is 5.06 Å². The molecule has 0 fully saturated rings. The predicted molar refractivity (Wildman–Crippen MR) is 121 cm³/mol. The minimum atomic E-state index is -0.931. The van der Waals surface area contributed by atoms with Crippen LogP contribution in [-0.4, -0.2) is 17.6 Å². The number of benzene rings is 3. The minimum Gasteiger partial charge on any atom is -0.462 e. The molecule has 0 N–H and O–H groups in total. The van der Waals surface area contributed by atoms with Gasteiger partial charge in [-0.1, -0.05) is 103 Å². The van der Waals surface area contributed by atoms with Crippen LogP contribution in [0.4, 0.5) is 0 Å². The van der Waals surface area contributed by atoms with E-state index in [-0.39, 0.29) is 5.97 Å². The van der Waals surface area contributed by atoms with Gasteiger partial charge in [-0.3, -0.25) is 0 Å². The molecule has 3 aromatic carbocycles. The Labute approximate surface area is 183 Å². The number of carbonyl (C=O) groups excluding carboxylic acids is 1. The lowest BCUT2D eigenvalue weighted by atomic mass is 9.81. The maximum absolute atomic E-state index is 13.0. The smallest absolute Gasteiger partial charge is 0.339 e. The van der Waals surface area contributed by atoms with Gasteiger partial charge in [0.05, 0.1) is 13.2 Å². The van der Waals surface area contributed by atoms with Crippen LogP contribution < -0.4 is 0 Å². The van der Waals surface area contributed by atoms with E-state index in [0.29, 0.717) is 18.7 Å². The molecular formula is C27H25NO3. The van der Waals surface area contributed by atoms with Gasteiger partial charge in [0.2, 0.25) is 0 Å². The van der Waals surface area contributed by atoms with Crippen LogP contribution in [0.25, 0.3) is 6.08 Å². The Morgan fingerprint density at radius 3 is 2.19 bits per heavy atom. The van der Waals surface area contributed by atoms with Crippen molar-refractivity contribution in [2.24, 2.45) is 0 Å². The van der Waals surface area contributed by atoms with E-state index in [1.807, 2.05) is 108 Å². The van der Waals surface area contributed by atoms with Crippen LogP contribution in [0.2, 0.25) is 0 Å². The Balaban J connectivity index is 1.84. The largest absolute Gasteiger partial charge is 0.462 e. The third-order valence-electron chi connectivity index (χ3n) is 5.30.